The molecule has 0 fully saturated rings. The maximum Gasteiger partial charge on any atom is 0.191 e. The third-order valence-electron chi connectivity index (χ3n) is 2.60. The van der Waals surface area contributed by atoms with Crippen LogP contribution in [0.25, 0.3) is 0 Å². The van der Waals surface area contributed by atoms with Crippen LogP contribution in [0.4, 0.5) is 0 Å². The van der Waals surface area contributed by atoms with Crippen LogP contribution in [0.2, 0.25) is 0 Å². The van der Waals surface area contributed by atoms with E-state index in [0.717, 1.165) is 44.3 Å². The SMILES string of the molecule is COCCNC(=NCCCSC)NCCn1ccnc1.I. The second-order valence-electron chi connectivity index (χ2n) is 4.22. The van der Waals surface area contributed by atoms with Gasteiger partial charge in [-0.25, -0.2) is 4.98 Å². The third-order valence-corrected chi connectivity index (χ3v) is 3.29. The van der Waals surface area contributed by atoms with Crippen LogP contribution >= 0.6 is 35.7 Å². The Labute approximate surface area is 148 Å². The van der Waals surface area contributed by atoms with Gasteiger partial charge in [0.1, 0.15) is 0 Å². The number of aromatic nitrogens is 2. The van der Waals surface area contributed by atoms with Crippen molar-refractivity contribution in [3.63, 3.8) is 0 Å². The van der Waals surface area contributed by atoms with Gasteiger partial charge in [-0.3, -0.25) is 4.99 Å². The van der Waals surface area contributed by atoms with Crippen molar-refractivity contribution in [1.82, 2.24) is 20.2 Å². The van der Waals surface area contributed by atoms with Gasteiger partial charge in [0.15, 0.2) is 5.96 Å². The van der Waals surface area contributed by atoms with Gasteiger partial charge in [-0.2, -0.15) is 11.8 Å². The molecule has 0 amide bonds. The highest BCUT2D eigenvalue weighted by molar-refractivity contribution is 14.0. The van der Waals surface area contributed by atoms with E-state index >= 15 is 0 Å². The molecule has 2 N–H and O–H groups in total. The predicted molar refractivity (Wildman–Crippen MR) is 101 cm³/mol. The fourth-order valence-corrected chi connectivity index (χ4v) is 1.99. The summed E-state index contributed by atoms with van der Waals surface area (Å²) in [5, 5.41) is 6.58. The number of thioether (sulfide) groups is 1. The molecule has 0 saturated heterocycles. The highest BCUT2D eigenvalue weighted by atomic mass is 127. The summed E-state index contributed by atoms with van der Waals surface area (Å²) in [5.41, 5.74) is 0. The number of hydrogen-bond acceptors (Lipinski definition) is 4. The summed E-state index contributed by atoms with van der Waals surface area (Å²) in [7, 11) is 1.70. The molecule has 1 heterocycles. The molecule has 6 nitrogen and oxygen atoms in total. The zero-order chi connectivity index (χ0) is 14.5. The molecule has 0 spiro atoms. The molecule has 0 saturated carbocycles. The van der Waals surface area contributed by atoms with Gasteiger partial charge in [0.05, 0.1) is 12.9 Å². The fourth-order valence-electron chi connectivity index (χ4n) is 1.57. The molecule has 1 aromatic rings. The molecule has 0 aliphatic heterocycles. The van der Waals surface area contributed by atoms with Crippen molar-refractivity contribution in [2.75, 3.05) is 45.4 Å². The van der Waals surface area contributed by atoms with Crippen molar-refractivity contribution in [2.45, 2.75) is 13.0 Å². The summed E-state index contributed by atoms with van der Waals surface area (Å²) in [5.74, 6) is 1.99. The second-order valence-corrected chi connectivity index (χ2v) is 5.21. The monoisotopic (exact) mass is 427 g/mol. The highest BCUT2D eigenvalue weighted by Gasteiger charge is 1.98. The van der Waals surface area contributed by atoms with E-state index in [1.165, 1.54) is 0 Å². The van der Waals surface area contributed by atoms with E-state index in [-0.39, 0.29) is 24.0 Å². The number of methoxy groups -OCH3 is 1. The quantitative estimate of drug-likeness (QED) is 0.256. The molecule has 8 heteroatoms. The summed E-state index contributed by atoms with van der Waals surface area (Å²) in [6.45, 7) is 3.96. The summed E-state index contributed by atoms with van der Waals surface area (Å²) in [6, 6.07) is 0. The molecule has 0 aromatic carbocycles. The highest BCUT2D eigenvalue weighted by Crippen LogP contribution is 1.95. The average molecular weight is 427 g/mol. The molecule has 1 rings (SSSR count). The first kappa shape index (κ1) is 20.5. The Bertz CT molecular complexity index is 361. The fraction of sp³-hybridized carbons (Fsp3) is 0.692. The van der Waals surface area contributed by atoms with Crippen LogP contribution in [0, 0.1) is 0 Å². The van der Waals surface area contributed by atoms with E-state index in [1.54, 1.807) is 13.3 Å². The Morgan fingerprint density at radius 3 is 2.86 bits per heavy atom. The number of ether oxygens (including phenoxy) is 1. The van der Waals surface area contributed by atoms with Crippen molar-refractivity contribution >= 4 is 41.7 Å². The van der Waals surface area contributed by atoms with Crippen LogP contribution in [0.3, 0.4) is 0 Å². The Kier molecular flexibility index (Phi) is 14.1. The van der Waals surface area contributed by atoms with E-state index in [1.807, 2.05) is 28.9 Å². The van der Waals surface area contributed by atoms with Crippen molar-refractivity contribution in [1.29, 1.82) is 0 Å². The molecule has 0 atom stereocenters. The van der Waals surface area contributed by atoms with Gasteiger partial charge < -0.3 is 19.9 Å². The van der Waals surface area contributed by atoms with Crippen molar-refractivity contribution in [2.24, 2.45) is 4.99 Å². The van der Waals surface area contributed by atoms with Crippen LogP contribution in [0.1, 0.15) is 6.42 Å². The van der Waals surface area contributed by atoms with Gasteiger partial charge >= 0.3 is 0 Å². The first-order valence-corrected chi connectivity index (χ1v) is 8.22. The second kappa shape index (κ2) is 14.5. The molecule has 0 bridgehead atoms. The van der Waals surface area contributed by atoms with Gasteiger partial charge in [-0.05, 0) is 18.4 Å². The maximum atomic E-state index is 5.04. The zero-order valence-electron chi connectivity index (χ0n) is 12.7. The van der Waals surface area contributed by atoms with Crippen molar-refractivity contribution in [3.05, 3.63) is 18.7 Å². The van der Waals surface area contributed by atoms with Crippen LogP contribution in [-0.4, -0.2) is 60.9 Å². The number of nitrogens with one attached hydrogen (secondary N) is 2. The summed E-state index contributed by atoms with van der Waals surface area (Å²) in [4.78, 5) is 8.57. The molecule has 0 aliphatic carbocycles. The van der Waals surface area contributed by atoms with Crippen LogP contribution < -0.4 is 10.6 Å². The standard InChI is InChI=1S/C13H25N5OS.HI/c1-19-10-7-17-13(15-4-3-11-20-2)16-6-9-18-8-5-14-12-18;/h5,8,12H,3-4,6-7,9-11H2,1-2H3,(H2,15,16,17);1H. The Balaban J connectivity index is 0.00000400. The third kappa shape index (κ3) is 10.8. The van der Waals surface area contributed by atoms with Gasteiger partial charge in [-0.1, -0.05) is 0 Å². The predicted octanol–water partition coefficient (Wildman–Crippen LogP) is 1.44. The first-order valence-electron chi connectivity index (χ1n) is 6.82. The van der Waals surface area contributed by atoms with Gasteiger partial charge in [0, 0.05) is 45.7 Å². The molecule has 122 valence electrons. The minimum Gasteiger partial charge on any atom is -0.383 e. The van der Waals surface area contributed by atoms with Crippen molar-refractivity contribution < 1.29 is 4.74 Å². The van der Waals surface area contributed by atoms with Crippen LogP contribution in [0.15, 0.2) is 23.7 Å². The number of aliphatic imine (C=N–C) groups is 1. The zero-order valence-corrected chi connectivity index (χ0v) is 15.9. The molecule has 0 radical (unpaired) electrons. The average Bonchev–Trinajstić information content (AvgIpc) is 2.96. The Morgan fingerprint density at radius 1 is 1.38 bits per heavy atom. The maximum absolute atomic E-state index is 5.04. The summed E-state index contributed by atoms with van der Waals surface area (Å²) in [6.07, 6.45) is 8.77. The van der Waals surface area contributed by atoms with E-state index in [9.17, 15) is 0 Å². The molecule has 0 unspecified atom stereocenters. The van der Waals surface area contributed by atoms with Crippen LogP contribution in [0.5, 0.6) is 0 Å². The largest absolute Gasteiger partial charge is 0.383 e. The summed E-state index contributed by atoms with van der Waals surface area (Å²) < 4.78 is 7.07. The number of nitrogens with zero attached hydrogens (tertiary/aromatic N) is 3. The molecule has 1 aromatic heterocycles. The number of halogens is 1. The molecular formula is C13H26IN5OS. The number of imidazole rings is 1. The van der Waals surface area contributed by atoms with Crippen molar-refractivity contribution in [3.8, 4) is 0 Å². The number of guanidine groups is 1. The lowest BCUT2D eigenvalue weighted by molar-refractivity contribution is 0.203. The normalized spacial score (nSPS) is 11.0. The molecular weight excluding hydrogens is 401 g/mol. The van der Waals surface area contributed by atoms with E-state index < -0.39 is 0 Å². The van der Waals surface area contributed by atoms with Gasteiger partial charge in [-0.15, -0.1) is 24.0 Å². The minimum absolute atomic E-state index is 0. The lowest BCUT2D eigenvalue weighted by Gasteiger charge is -2.12. The first-order chi connectivity index (χ1) is 9.86. The van der Waals surface area contributed by atoms with E-state index in [0.29, 0.717) is 6.61 Å². The van der Waals surface area contributed by atoms with Gasteiger partial charge in [0.2, 0.25) is 0 Å². The Morgan fingerprint density at radius 2 is 2.19 bits per heavy atom. The topological polar surface area (TPSA) is 63.5 Å². The smallest absolute Gasteiger partial charge is 0.191 e. The molecule has 0 aliphatic rings. The number of rotatable bonds is 10. The summed E-state index contributed by atoms with van der Waals surface area (Å²) >= 11 is 1.85. The van der Waals surface area contributed by atoms with E-state index in [2.05, 4.69) is 26.9 Å². The lowest BCUT2D eigenvalue weighted by atomic mass is 10.5. The number of hydrogen-bond donors (Lipinski definition) is 2. The lowest BCUT2D eigenvalue weighted by Crippen LogP contribution is -2.40. The minimum atomic E-state index is 0. The molecule has 21 heavy (non-hydrogen) atoms. The van der Waals surface area contributed by atoms with E-state index in [4.69, 9.17) is 4.74 Å². The van der Waals surface area contributed by atoms with Gasteiger partial charge in [0.25, 0.3) is 0 Å². The van der Waals surface area contributed by atoms with Crippen LogP contribution in [-0.2, 0) is 11.3 Å². The Hall–Kier alpha value is -0.480.